The van der Waals surface area contributed by atoms with Gasteiger partial charge < -0.3 is 10.4 Å². The molecule has 106 valence electrons. The summed E-state index contributed by atoms with van der Waals surface area (Å²) in [7, 11) is 0. The topological polar surface area (TPSA) is 84.2 Å². The van der Waals surface area contributed by atoms with Gasteiger partial charge in [0, 0.05) is 5.69 Å². The molecular formula is C13H21N3O3. The first-order valence-electron chi connectivity index (χ1n) is 6.38. The number of amides is 1. The van der Waals surface area contributed by atoms with Gasteiger partial charge >= 0.3 is 5.97 Å². The molecule has 1 aromatic rings. The van der Waals surface area contributed by atoms with Crippen LogP contribution >= 0.6 is 0 Å². The summed E-state index contributed by atoms with van der Waals surface area (Å²) >= 11 is 0. The Morgan fingerprint density at radius 1 is 1.47 bits per heavy atom. The lowest BCUT2D eigenvalue weighted by atomic mass is 9.99. The Kier molecular flexibility index (Phi) is 5.09. The van der Waals surface area contributed by atoms with Crippen molar-refractivity contribution in [3.63, 3.8) is 0 Å². The van der Waals surface area contributed by atoms with Crippen molar-refractivity contribution >= 4 is 11.9 Å². The predicted molar refractivity (Wildman–Crippen MR) is 70.7 cm³/mol. The van der Waals surface area contributed by atoms with Crippen LogP contribution in [0.1, 0.15) is 31.7 Å². The van der Waals surface area contributed by atoms with Gasteiger partial charge in [0.15, 0.2) is 0 Å². The first-order valence-corrected chi connectivity index (χ1v) is 6.38. The highest BCUT2D eigenvalue weighted by atomic mass is 16.4. The number of hydrogen-bond acceptors (Lipinski definition) is 3. The number of carbonyl (C=O) groups is 2. The molecule has 0 aromatic carbocycles. The molecular weight excluding hydrogens is 246 g/mol. The Morgan fingerprint density at radius 2 is 2.11 bits per heavy atom. The number of carbonyl (C=O) groups excluding carboxylic acids is 1. The summed E-state index contributed by atoms with van der Waals surface area (Å²) in [6.45, 7) is 7.45. The van der Waals surface area contributed by atoms with Crippen LogP contribution in [0.3, 0.4) is 0 Å². The molecule has 0 radical (unpaired) electrons. The molecule has 0 spiro atoms. The molecule has 0 saturated carbocycles. The van der Waals surface area contributed by atoms with E-state index in [4.69, 9.17) is 5.11 Å². The van der Waals surface area contributed by atoms with Gasteiger partial charge in [0.25, 0.3) is 0 Å². The summed E-state index contributed by atoms with van der Waals surface area (Å²) in [6.07, 6.45) is 0.692. The third-order valence-electron chi connectivity index (χ3n) is 3.19. The Balaban J connectivity index is 2.68. The lowest BCUT2D eigenvalue weighted by molar-refractivity contribution is -0.143. The van der Waals surface area contributed by atoms with Crippen molar-refractivity contribution in [2.24, 2.45) is 5.92 Å². The van der Waals surface area contributed by atoms with Crippen molar-refractivity contribution in [1.82, 2.24) is 15.1 Å². The Labute approximate surface area is 112 Å². The SMILES string of the molecule is CCC(C)[C@H](NC(=O)Cn1nc(C)cc1C)C(=O)O. The molecule has 0 saturated heterocycles. The van der Waals surface area contributed by atoms with Gasteiger partial charge in [-0.1, -0.05) is 20.3 Å². The largest absolute Gasteiger partial charge is 0.480 e. The number of aromatic nitrogens is 2. The fraction of sp³-hybridized carbons (Fsp3) is 0.615. The van der Waals surface area contributed by atoms with Gasteiger partial charge in [-0.25, -0.2) is 4.79 Å². The molecule has 6 heteroatoms. The summed E-state index contributed by atoms with van der Waals surface area (Å²) in [6, 6.07) is 1.02. The zero-order valence-electron chi connectivity index (χ0n) is 11.8. The molecule has 1 heterocycles. The van der Waals surface area contributed by atoms with Crippen LogP contribution in [-0.4, -0.2) is 32.8 Å². The van der Waals surface area contributed by atoms with E-state index in [1.54, 1.807) is 4.68 Å². The third-order valence-corrected chi connectivity index (χ3v) is 3.19. The molecule has 2 N–H and O–H groups in total. The van der Waals surface area contributed by atoms with E-state index in [1.807, 2.05) is 33.8 Å². The highest BCUT2D eigenvalue weighted by Crippen LogP contribution is 2.08. The Hall–Kier alpha value is -1.85. The molecule has 1 unspecified atom stereocenters. The smallest absolute Gasteiger partial charge is 0.326 e. The lowest BCUT2D eigenvalue weighted by Gasteiger charge is -2.20. The average molecular weight is 267 g/mol. The maximum atomic E-state index is 11.9. The van der Waals surface area contributed by atoms with Crippen LogP contribution in [-0.2, 0) is 16.1 Å². The van der Waals surface area contributed by atoms with E-state index in [1.165, 1.54) is 0 Å². The maximum Gasteiger partial charge on any atom is 0.326 e. The quantitative estimate of drug-likeness (QED) is 0.808. The standard InChI is InChI=1S/C13H21N3O3/c1-5-8(2)12(13(18)19)14-11(17)7-16-10(4)6-9(3)15-16/h6,8,12H,5,7H2,1-4H3,(H,14,17)(H,18,19)/t8?,12-/m0/s1. The van der Waals surface area contributed by atoms with Crippen molar-refractivity contribution in [3.05, 3.63) is 17.5 Å². The fourth-order valence-electron chi connectivity index (χ4n) is 1.87. The van der Waals surface area contributed by atoms with Gasteiger partial charge in [0.1, 0.15) is 12.6 Å². The van der Waals surface area contributed by atoms with E-state index in [0.717, 1.165) is 11.4 Å². The zero-order valence-corrected chi connectivity index (χ0v) is 11.8. The molecule has 1 aromatic heterocycles. The van der Waals surface area contributed by atoms with Crippen molar-refractivity contribution in [2.75, 3.05) is 0 Å². The van der Waals surface area contributed by atoms with Gasteiger partial charge in [0.2, 0.25) is 5.91 Å². The van der Waals surface area contributed by atoms with Crippen LogP contribution in [0.25, 0.3) is 0 Å². The number of rotatable bonds is 6. The Morgan fingerprint density at radius 3 is 2.53 bits per heavy atom. The fourth-order valence-corrected chi connectivity index (χ4v) is 1.87. The van der Waals surface area contributed by atoms with Crippen LogP contribution in [0, 0.1) is 19.8 Å². The molecule has 2 atom stereocenters. The second-order valence-electron chi connectivity index (χ2n) is 4.85. The predicted octanol–water partition coefficient (Wildman–Crippen LogP) is 1.12. The first-order chi connectivity index (χ1) is 8.85. The molecule has 1 rings (SSSR count). The van der Waals surface area contributed by atoms with Crippen LogP contribution in [0.4, 0.5) is 0 Å². The molecule has 0 aliphatic rings. The van der Waals surface area contributed by atoms with Crippen LogP contribution in [0.15, 0.2) is 6.07 Å². The Bertz CT molecular complexity index is 468. The third kappa shape index (κ3) is 4.08. The lowest BCUT2D eigenvalue weighted by Crippen LogP contribution is -2.46. The van der Waals surface area contributed by atoms with Crippen LogP contribution < -0.4 is 5.32 Å². The monoisotopic (exact) mass is 267 g/mol. The van der Waals surface area contributed by atoms with Crippen molar-refractivity contribution in [1.29, 1.82) is 0 Å². The van der Waals surface area contributed by atoms with Crippen LogP contribution in [0.2, 0.25) is 0 Å². The minimum atomic E-state index is -1.00. The number of aryl methyl sites for hydroxylation is 2. The molecule has 0 fully saturated rings. The molecule has 1 amide bonds. The minimum absolute atomic E-state index is 0.0416. The van der Waals surface area contributed by atoms with Gasteiger partial charge in [0.05, 0.1) is 5.69 Å². The van der Waals surface area contributed by atoms with E-state index >= 15 is 0 Å². The second-order valence-corrected chi connectivity index (χ2v) is 4.85. The normalized spacial score (nSPS) is 13.9. The molecule has 0 bridgehead atoms. The number of nitrogens with zero attached hydrogens (tertiary/aromatic N) is 2. The average Bonchev–Trinajstić information content (AvgIpc) is 2.63. The summed E-state index contributed by atoms with van der Waals surface area (Å²) in [5.41, 5.74) is 1.71. The van der Waals surface area contributed by atoms with E-state index in [9.17, 15) is 9.59 Å². The highest BCUT2D eigenvalue weighted by Gasteiger charge is 2.25. The number of nitrogens with one attached hydrogen (secondary N) is 1. The van der Waals surface area contributed by atoms with Gasteiger partial charge in [-0.15, -0.1) is 0 Å². The van der Waals surface area contributed by atoms with Gasteiger partial charge in [-0.2, -0.15) is 5.10 Å². The van der Waals surface area contributed by atoms with E-state index in [2.05, 4.69) is 10.4 Å². The summed E-state index contributed by atoms with van der Waals surface area (Å²) < 4.78 is 1.57. The molecule has 6 nitrogen and oxygen atoms in total. The zero-order chi connectivity index (χ0) is 14.6. The highest BCUT2D eigenvalue weighted by molar-refractivity contribution is 5.83. The van der Waals surface area contributed by atoms with Crippen molar-refractivity contribution < 1.29 is 14.7 Å². The molecule has 0 aliphatic carbocycles. The van der Waals surface area contributed by atoms with E-state index < -0.39 is 12.0 Å². The minimum Gasteiger partial charge on any atom is -0.480 e. The second kappa shape index (κ2) is 6.36. The summed E-state index contributed by atoms with van der Waals surface area (Å²) in [4.78, 5) is 23.0. The number of hydrogen-bond donors (Lipinski definition) is 2. The van der Waals surface area contributed by atoms with Crippen LogP contribution in [0.5, 0.6) is 0 Å². The number of carboxylic acids is 1. The van der Waals surface area contributed by atoms with Gasteiger partial charge in [-0.3, -0.25) is 9.48 Å². The van der Waals surface area contributed by atoms with Gasteiger partial charge in [-0.05, 0) is 25.8 Å². The van der Waals surface area contributed by atoms with Crippen molar-refractivity contribution in [2.45, 2.75) is 46.7 Å². The van der Waals surface area contributed by atoms with E-state index in [0.29, 0.717) is 6.42 Å². The summed E-state index contributed by atoms with van der Waals surface area (Å²) in [5.74, 6) is -1.45. The maximum absolute atomic E-state index is 11.9. The number of carboxylic acid groups (broad SMARTS) is 1. The number of aliphatic carboxylic acids is 1. The van der Waals surface area contributed by atoms with Crippen molar-refractivity contribution in [3.8, 4) is 0 Å². The first kappa shape index (κ1) is 15.2. The van der Waals surface area contributed by atoms with E-state index in [-0.39, 0.29) is 18.4 Å². The summed E-state index contributed by atoms with van der Waals surface area (Å²) in [5, 5.41) is 15.8. The molecule has 19 heavy (non-hydrogen) atoms. The molecule has 0 aliphatic heterocycles.